The predicted octanol–water partition coefficient (Wildman–Crippen LogP) is 2.60. The number of nitriles is 1. The van der Waals surface area contributed by atoms with Gasteiger partial charge in [0.1, 0.15) is 5.41 Å². The Balaban J connectivity index is 0.000000487. The van der Waals surface area contributed by atoms with E-state index in [9.17, 15) is 5.26 Å². The van der Waals surface area contributed by atoms with Crippen LogP contribution in [0.25, 0.3) is 0 Å². The summed E-state index contributed by atoms with van der Waals surface area (Å²) in [5.41, 5.74) is 1.55. The lowest BCUT2D eigenvalue weighted by atomic mass is 9.73. The van der Waals surface area contributed by atoms with Crippen molar-refractivity contribution < 1.29 is 19.8 Å². The van der Waals surface area contributed by atoms with Crippen LogP contribution in [0.15, 0.2) is 60.7 Å². The van der Waals surface area contributed by atoms with Crippen LogP contribution in [0.5, 0.6) is 0 Å². The van der Waals surface area contributed by atoms with Gasteiger partial charge >= 0.3 is 11.9 Å². The van der Waals surface area contributed by atoms with E-state index in [2.05, 4.69) is 11.0 Å². The molecule has 0 radical (unpaired) electrons. The maximum Gasteiger partial charge on any atom is 0.414 e. The molecule has 0 spiro atoms. The van der Waals surface area contributed by atoms with E-state index < -0.39 is 17.4 Å². The SMILES string of the molecule is CN(C)CCC(C#N)(c1ccccc1)c1ccccc1.O=C(O)C(=O)O. The van der Waals surface area contributed by atoms with Gasteiger partial charge in [-0.2, -0.15) is 5.26 Å². The van der Waals surface area contributed by atoms with Gasteiger partial charge in [-0.1, -0.05) is 60.7 Å². The van der Waals surface area contributed by atoms with Crippen molar-refractivity contribution in [3.8, 4) is 6.07 Å². The van der Waals surface area contributed by atoms with E-state index in [1.807, 2.05) is 74.8 Å². The molecule has 0 heterocycles. The second-order valence-corrected chi connectivity index (χ2v) is 5.91. The standard InChI is InChI=1S/C18H20N2.C2H2O4/c1-20(2)14-13-18(15-19,16-9-5-3-6-10-16)17-11-7-4-8-12-17;3-1(4)2(5)6/h3-12H,13-14H2,1-2H3;(H,3,4)(H,5,6). The van der Waals surface area contributed by atoms with Gasteiger partial charge < -0.3 is 15.1 Å². The van der Waals surface area contributed by atoms with Crippen LogP contribution in [0.3, 0.4) is 0 Å². The zero-order chi connectivity index (χ0) is 19.6. The molecule has 0 aliphatic rings. The van der Waals surface area contributed by atoms with Crippen LogP contribution in [0.4, 0.5) is 0 Å². The fourth-order valence-electron chi connectivity index (χ4n) is 2.48. The normalized spacial score (nSPS) is 10.4. The van der Waals surface area contributed by atoms with Gasteiger partial charge in [0.05, 0.1) is 6.07 Å². The van der Waals surface area contributed by atoms with Gasteiger partial charge in [-0.3, -0.25) is 0 Å². The molecule has 0 saturated heterocycles. The Kier molecular flexibility index (Phi) is 8.00. The maximum atomic E-state index is 9.93. The molecule has 0 atom stereocenters. The summed E-state index contributed by atoms with van der Waals surface area (Å²) in [6.45, 7) is 0.872. The Labute approximate surface area is 152 Å². The minimum Gasteiger partial charge on any atom is -0.473 e. The first-order valence-corrected chi connectivity index (χ1v) is 7.96. The summed E-state index contributed by atoms with van der Waals surface area (Å²) in [5, 5.41) is 24.7. The van der Waals surface area contributed by atoms with Gasteiger partial charge in [-0.05, 0) is 38.2 Å². The van der Waals surface area contributed by atoms with Crippen molar-refractivity contribution in [1.29, 1.82) is 5.26 Å². The molecule has 0 saturated carbocycles. The van der Waals surface area contributed by atoms with E-state index in [1.54, 1.807) is 0 Å². The summed E-state index contributed by atoms with van der Waals surface area (Å²) in [4.78, 5) is 20.3. The molecule has 2 aromatic carbocycles. The van der Waals surface area contributed by atoms with E-state index >= 15 is 0 Å². The zero-order valence-electron chi connectivity index (χ0n) is 14.8. The number of rotatable bonds is 5. The highest BCUT2D eigenvalue weighted by Crippen LogP contribution is 2.35. The van der Waals surface area contributed by atoms with E-state index in [1.165, 1.54) is 0 Å². The van der Waals surface area contributed by atoms with Crippen LogP contribution < -0.4 is 0 Å². The first-order chi connectivity index (χ1) is 12.3. The van der Waals surface area contributed by atoms with Crippen molar-refractivity contribution in [1.82, 2.24) is 4.90 Å². The van der Waals surface area contributed by atoms with Crippen LogP contribution in [-0.2, 0) is 15.0 Å². The van der Waals surface area contributed by atoms with Crippen molar-refractivity contribution in [2.45, 2.75) is 11.8 Å². The number of hydrogen-bond donors (Lipinski definition) is 2. The second kappa shape index (κ2) is 9.97. The Morgan fingerprint density at radius 1 is 0.923 bits per heavy atom. The lowest BCUT2D eigenvalue weighted by Gasteiger charge is -2.29. The average molecular weight is 354 g/mol. The number of carboxylic acid groups (broad SMARTS) is 2. The number of carbonyl (C=O) groups is 2. The summed E-state index contributed by atoms with van der Waals surface area (Å²) in [5.74, 6) is -3.65. The van der Waals surface area contributed by atoms with Gasteiger partial charge in [0.2, 0.25) is 0 Å². The minimum absolute atomic E-state index is 0.577. The van der Waals surface area contributed by atoms with Crippen molar-refractivity contribution in [2.75, 3.05) is 20.6 Å². The van der Waals surface area contributed by atoms with Gasteiger partial charge in [-0.15, -0.1) is 0 Å². The highest BCUT2D eigenvalue weighted by molar-refractivity contribution is 6.27. The summed E-state index contributed by atoms with van der Waals surface area (Å²) in [7, 11) is 4.08. The van der Waals surface area contributed by atoms with Crippen LogP contribution >= 0.6 is 0 Å². The Morgan fingerprint density at radius 3 is 1.58 bits per heavy atom. The number of benzene rings is 2. The summed E-state index contributed by atoms with van der Waals surface area (Å²) in [6.07, 6.45) is 0.782. The molecular formula is C20H22N2O4. The highest BCUT2D eigenvalue weighted by atomic mass is 16.4. The molecule has 6 heteroatoms. The average Bonchev–Trinajstić information content (AvgIpc) is 2.64. The molecule has 2 aromatic rings. The van der Waals surface area contributed by atoms with Gasteiger partial charge in [-0.25, -0.2) is 9.59 Å². The molecule has 2 rings (SSSR count). The predicted molar refractivity (Wildman–Crippen MR) is 97.7 cm³/mol. The summed E-state index contributed by atoms with van der Waals surface area (Å²) >= 11 is 0. The van der Waals surface area contributed by atoms with Crippen LogP contribution in [0, 0.1) is 11.3 Å². The molecule has 6 nitrogen and oxygen atoms in total. The molecule has 26 heavy (non-hydrogen) atoms. The summed E-state index contributed by atoms with van der Waals surface area (Å²) < 4.78 is 0. The lowest BCUT2D eigenvalue weighted by Crippen LogP contribution is -2.30. The van der Waals surface area contributed by atoms with E-state index in [0.29, 0.717) is 0 Å². The molecule has 0 aliphatic carbocycles. The van der Waals surface area contributed by atoms with Crippen molar-refractivity contribution in [3.05, 3.63) is 71.8 Å². The Bertz CT molecular complexity index is 701. The molecular weight excluding hydrogens is 332 g/mol. The fraction of sp³-hybridized carbons (Fsp3) is 0.250. The Hall–Kier alpha value is -3.17. The third-order valence-electron chi connectivity index (χ3n) is 3.84. The van der Waals surface area contributed by atoms with Crippen molar-refractivity contribution in [3.63, 3.8) is 0 Å². The van der Waals surface area contributed by atoms with E-state index in [-0.39, 0.29) is 0 Å². The lowest BCUT2D eigenvalue weighted by molar-refractivity contribution is -0.159. The van der Waals surface area contributed by atoms with Gasteiger partial charge in [0.25, 0.3) is 0 Å². The fourth-order valence-corrected chi connectivity index (χ4v) is 2.48. The zero-order valence-corrected chi connectivity index (χ0v) is 14.8. The third kappa shape index (κ3) is 5.72. The monoisotopic (exact) mass is 354 g/mol. The minimum atomic E-state index is -1.82. The Morgan fingerprint density at radius 2 is 1.31 bits per heavy atom. The summed E-state index contributed by atoms with van der Waals surface area (Å²) in [6, 6.07) is 22.7. The van der Waals surface area contributed by atoms with Crippen molar-refractivity contribution >= 4 is 11.9 Å². The third-order valence-corrected chi connectivity index (χ3v) is 3.84. The number of aliphatic carboxylic acids is 2. The number of hydrogen-bond acceptors (Lipinski definition) is 4. The number of nitrogens with zero attached hydrogens (tertiary/aromatic N) is 2. The first-order valence-electron chi connectivity index (χ1n) is 7.96. The topological polar surface area (TPSA) is 102 Å². The van der Waals surface area contributed by atoms with Crippen LogP contribution in [0.2, 0.25) is 0 Å². The molecule has 136 valence electrons. The van der Waals surface area contributed by atoms with Crippen molar-refractivity contribution in [2.24, 2.45) is 0 Å². The molecule has 0 aliphatic heterocycles. The molecule has 0 unspecified atom stereocenters. The molecule has 2 N–H and O–H groups in total. The smallest absolute Gasteiger partial charge is 0.414 e. The van der Waals surface area contributed by atoms with Crippen LogP contribution in [0.1, 0.15) is 17.5 Å². The highest BCUT2D eigenvalue weighted by Gasteiger charge is 2.34. The van der Waals surface area contributed by atoms with E-state index in [0.717, 1.165) is 24.1 Å². The maximum absolute atomic E-state index is 9.93. The first kappa shape index (κ1) is 20.9. The quantitative estimate of drug-likeness (QED) is 0.800. The van der Waals surface area contributed by atoms with Gasteiger partial charge in [0.15, 0.2) is 0 Å². The van der Waals surface area contributed by atoms with E-state index in [4.69, 9.17) is 19.8 Å². The second-order valence-electron chi connectivity index (χ2n) is 5.91. The van der Waals surface area contributed by atoms with Crippen LogP contribution in [-0.4, -0.2) is 47.7 Å². The largest absolute Gasteiger partial charge is 0.473 e. The number of carboxylic acids is 2. The molecule has 0 bridgehead atoms. The van der Waals surface area contributed by atoms with Gasteiger partial charge in [0, 0.05) is 0 Å². The molecule has 0 amide bonds. The molecule has 0 fully saturated rings. The molecule has 0 aromatic heterocycles.